The quantitative estimate of drug-likeness (QED) is 0.710. The van der Waals surface area contributed by atoms with Gasteiger partial charge in [0.1, 0.15) is 5.78 Å². The van der Waals surface area contributed by atoms with Crippen molar-refractivity contribution in [2.75, 3.05) is 12.4 Å². The molecule has 0 saturated carbocycles. The summed E-state index contributed by atoms with van der Waals surface area (Å²) in [6, 6.07) is 0. The summed E-state index contributed by atoms with van der Waals surface area (Å²) in [6.07, 6.45) is 0.856. The number of rotatable bonds is 4. The summed E-state index contributed by atoms with van der Waals surface area (Å²) in [7, 11) is -1.05. The highest BCUT2D eigenvalue weighted by molar-refractivity contribution is 7.86. The first-order valence-corrected chi connectivity index (χ1v) is 6.42. The second-order valence-electron chi connectivity index (χ2n) is 4.05. The van der Waals surface area contributed by atoms with E-state index in [1.165, 1.54) is 0 Å². The Morgan fingerprint density at radius 2 is 2.21 bits per heavy atom. The van der Waals surface area contributed by atoms with Crippen LogP contribution in [0.3, 0.4) is 0 Å². The Balaban J connectivity index is 2.45. The van der Waals surface area contributed by atoms with Gasteiger partial charge in [0.05, 0.1) is 17.1 Å². The zero-order valence-corrected chi connectivity index (χ0v) is 9.80. The number of ketones is 1. The van der Waals surface area contributed by atoms with E-state index < -0.39 is 10.8 Å². The third kappa shape index (κ3) is 2.89. The Morgan fingerprint density at radius 3 is 2.64 bits per heavy atom. The maximum Gasteiger partial charge on any atom is 0.147 e. The third-order valence-corrected chi connectivity index (χ3v) is 4.44. The molecule has 4 heteroatoms. The highest BCUT2D eigenvalue weighted by Gasteiger charge is 2.30. The Morgan fingerprint density at radius 1 is 1.57 bits per heavy atom. The number of ether oxygens (including phenoxy) is 1. The fourth-order valence-corrected chi connectivity index (χ4v) is 3.16. The molecule has 82 valence electrons. The van der Waals surface area contributed by atoms with Crippen LogP contribution in [0.4, 0.5) is 0 Å². The predicted octanol–water partition coefficient (Wildman–Crippen LogP) is 1.14. The van der Waals surface area contributed by atoms with Crippen LogP contribution in [0.1, 0.15) is 27.2 Å². The first kappa shape index (κ1) is 11.9. The van der Waals surface area contributed by atoms with Crippen molar-refractivity contribution in [3.63, 3.8) is 0 Å². The first-order chi connectivity index (χ1) is 6.52. The molecule has 0 N–H and O–H groups in total. The van der Waals surface area contributed by atoms with E-state index in [1.54, 1.807) is 0 Å². The molecule has 0 amide bonds. The smallest absolute Gasteiger partial charge is 0.147 e. The molecule has 0 aromatic heterocycles. The predicted molar refractivity (Wildman–Crippen MR) is 56.7 cm³/mol. The van der Waals surface area contributed by atoms with Crippen LogP contribution >= 0.6 is 0 Å². The lowest BCUT2D eigenvalue weighted by Crippen LogP contribution is -2.29. The van der Waals surface area contributed by atoms with E-state index in [0.29, 0.717) is 6.61 Å². The third-order valence-electron chi connectivity index (χ3n) is 2.57. The zero-order valence-electron chi connectivity index (χ0n) is 8.99. The van der Waals surface area contributed by atoms with Gasteiger partial charge in [0.2, 0.25) is 0 Å². The van der Waals surface area contributed by atoms with Gasteiger partial charge in [0, 0.05) is 23.3 Å². The van der Waals surface area contributed by atoms with Crippen LogP contribution in [0.2, 0.25) is 0 Å². The molecule has 1 heterocycles. The lowest BCUT2D eigenvalue weighted by Gasteiger charge is -2.13. The normalized spacial score (nSPS) is 29.4. The van der Waals surface area contributed by atoms with Crippen LogP contribution in [0.15, 0.2) is 0 Å². The monoisotopic (exact) mass is 218 g/mol. The van der Waals surface area contributed by atoms with Crippen LogP contribution in [0, 0.1) is 5.92 Å². The van der Waals surface area contributed by atoms with Gasteiger partial charge < -0.3 is 4.74 Å². The summed E-state index contributed by atoms with van der Waals surface area (Å²) in [5.74, 6) is 0.259. The van der Waals surface area contributed by atoms with Gasteiger partial charge in [-0.3, -0.25) is 9.00 Å². The summed E-state index contributed by atoms with van der Waals surface area (Å²) in [5, 5.41) is 0.0534. The Bertz CT molecular complexity index is 238. The fourth-order valence-electron chi connectivity index (χ4n) is 1.47. The van der Waals surface area contributed by atoms with Crippen LogP contribution < -0.4 is 0 Å². The Kier molecular flexibility index (Phi) is 4.26. The average molecular weight is 218 g/mol. The molecule has 0 radical (unpaired) electrons. The number of hydrogen-bond donors (Lipinski definition) is 0. The molecule has 0 spiro atoms. The molecule has 0 aromatic rings. The van der Waals surface area contributed by atoms with Crippen molar-refractivity contribution in [2.45, 2.75) is 38.5 Å². The van der Waals surface area contributed by atoms with E-state index >= 15 is 0 Å². The van der Waals surface area contributed by atoms with Gasteiger partial charge in [-0.05, 0) is 13.3 Å². The fraction of sp³-hybridized carbons (Fsp3) is 0.900. The van der Waals surface area contributed by atoms with Crippen molar-refractivity contribution >= 4 is 16.6 Å². The van der Waals surface area contributed by atoms with E-state index in [-0.39, 0.29) is 28.8 Å². The van der Waals surface area contributed by atoms with E-state index in [9.17, 15) is 9.00 Å². The van der Waals surface area contributed by atoms with Gasteiger partial charge in [-0.1, -0.05) is 13.8 Å². The first-order valence-electron chi connectivity index (χ1n) is 5.04. The standard InChI is InChI=1S/C10H18O3S/c1-7(2)9(11)6-14(12)10-4-5-13-8(10)3/h7-8,10H,4-6H2,1-3H3. The van der Waals surface area contributed by atoms with Crippen LogP contribution in [0.25, 0.3) is 0 Å². The molecule has 0 bridgehead atoms. The SMILES string of the molecule is CC(C)C(=O)CS(=O)C1CCOC1C. The number of carbonyl (C=O) groups excluding carboxylic acids is 1. The van der Waals surface area contributed by atoms with Crippen LogP contribution in [-0.4, -0.2) is 33.7 Å². The molecule has 1 fully saturated rings. The second-order valence-corrected chi connectivity index (χ2v) is 5.70. The minimum absolute atomic E-state index is 0.0171. The van der Waals surface area contributed by atoms with Crippen LogP contribution in [0.5, 0.6) is 0 Å². The molecule has 14 heavy (non-hydrogen) atoms. The second kappa shape index (κ2) is 5.03. The van der Waals surface area contributed by atoms with Crippen LogP contribution in [-0.2, 0) is 20.3 Å². The molecule has 0 aromatic carbocycles. The maximum atomic E-state index is 11.8. The largest absolute Gasteiger partial charge is 0.377 e. The summed E-state index contributed by atoms with van der Waals surface area (Å²) >= 11 is 0. The summed E-state index contributed by atoms with van der Waals surface area (Å²) in [4.78, 5) is 11.4. The van der Waals surface area contributed by atoms with Gasteiger partial charge in [-0.2, -0.15) is 0 Å². The van der Waals surface area contributed by atoms with E-state index in [2.05, 4.69) is 0 Å². The van der Waals surface area contributed by atoms with Gasteiger partial charge in [-0.15, -0.1) is 0 Å². The lowest BCUT2D eigenvalue weighted by molar-refractivity contribution is -0.119. The molecule has 0 aliphatic carbocycles. The number of carbonyl (C=O) groups is 1. The van der Waals surface area contributed by atoms with E-state index in [1.807, 2.05) is 20.8 Å². The molecule has 1 aliphatic rings. The molecule has 1 saturated heterocycles. The molecule has 1 rings (SSSR count). The van der Waals surface area contributed by atoms with Crippen molar-refractivity contribution in [2.24, 2.45) is 5.92 Å². The molecule has 3 unspecified atom stereocenters. The van der Waals surface area contributed by atoms with Gasteiger partial charge >= 0.3 is 0 Å². The topological polar surface area (TPSA) is 43.4 Å². The Hall–Kier alpha value is -0.220. The Labute approximate surface area is 87.7 Å². The van der Waals surface area contributed by atoms with Gasteiger partial charge in [0.25, 0.3) is 0 Å². The molecule has 1 aliphatic heterocycles. The van der Waals surface area contributed by atoms with E-state index in [4.69, 9.17) is 4.74 Å². The molecular weight excluding hydrogens is 200 g/mol. The molecule has 3 nitrogen and oxygen atoms in total. The number of hydrogen-bond acceptors (Lipinski definition) is 3. The van der Waals surface area contributed by atoms with Crippen molar-refractivity contribution in [3.05, 3.63) is 0 Å². The summed E-state index contributed by atoms with van der Waals surface area (Å²) < 4.78 is 17.1. The minimum atomic E-state index is -1.05. The molecular formula is C10H18O3S. The summed E-state index contributed by atoms with van der Waals surface area (Å²) in [6.45, 7) is 6.28. The highest BCUT2D eigenvalue weighted by atomic mass is 32.2. The molecule has 3 atom stereocenters. The van der Waals surface area contributed by atoms with Crippen molar-refractivity contribution in [1.29, 1.82) is 0 Å². The zero-order chi connectivity index (χ0) is 10.7. The van der Waals surface area contributed by atoms with Crippen molar-refractivity contribution in [1.82, 2.24) is 0 Å². The highest BCUT2D eigenvalue weighted by Crippen LogP contribution is 2.19. The van der Waals surface area contributed by atoms with Crippen molar-refractivity contribution < 1.29 is 13.7 Å². The van der Waals surface area contributed by atoms with Gasteiger partial charge in [0.15, 0.2) is 0 Å². The lowest BCUT2D eigenvalue weighted by atomic mass is 10.1. The van der Waals surface area contributed by atoms with Crippen molar-refractivity contribution in [3.8, 4) is 0 Å². The average Bonchev–Trinajstić information content (AvgIpc) is 2.51. The maximum absolute atomic E-state index is 11.8. The minimum Gasteiger partial charge on any atom is -0.377 e. The van der Waals surface area contributed by atoms with Gasteiger partial charge in [-0.25, -0.2) is 0 Å². The number of Topliss-reactive ketones (excluding diaryl/α,β-unsaturated/α-hetero) is 1. The summed E-state index contributed by atoms with van der Waals surface area (Å²) in [5.41, 5.74) is 0. The van der Waals surface area contributed by atoms with E-state index in [0.717, 1.165) is 6.42 Å².